The summed E-state index contributed by atoms with van der Waals surface area (Å²) >= 11 is 6.77. The van der Waals surface area contributed by atoms with Crippen molar-refractivity contribution >= 4 is 43.7 Å². The van der Waals surface area contributed by atoms with Gasteiger partial charge in [0.15, 0.2) is 16.6 Å². The Kier molecular flexibility index (Phi) is 3.21. The summed E-state index contributed by atoms with van der Waals surface area (Å²) in [7, 11) is 1.88. The van der Waals surface area contributed by atoms with E-state index in [4.69, 9.17) is 9.47 Å². The molecule has 0 saturated carbocycles. The number of nitrogens with zero attached hydrogens (tertiary/aromatic N) is 1. The molecule has 2 aromatic rings. The Morgan fingerprint density at radius 3 is 2.61 bits per heavy atom. The Morgan fingerprint density at radius 1 is 1.22 bits per heavy atom. The highest BCUT2D eigenvalue weighted by atomic mass is 79.9. The Morgan fingerprint density at radius 2 is 1.94 bits per heavy atom. The number of thiazole rings is 1. The van der Waals surface area contributed by atoms with Gasteiger partial charge in [-0.05, 0) is 22.9 Å². The van der Waals surface area contributed by atoms with Crippen LogP contribution in [-0.4, -0.2) is 25.2 Å². The van der Waals surface area contributed by atoms with Gasteiger partial charge in [-0.3, -0.25) is 0 Å². The fraction of sp³-hybridized carbons (Fsp3) is 0.364. The normalized spacial score (nSPS) is 13.7. The number of nitrogens with one attached hydrogen (secondary N) is 1. The second-order valence-corrected chi connectivity index (χ2v) is 7.28. The molecule has 0 radical (unpaired) electrons. The lowest BCUT2D eigenvalue weighted by molar-refractivity contribution is 0.173. The van der Waals surface area contributed by atoms with Crippen molar-refractivity contribution in [3.63, 3.8) is 0 Å². The zero-order valence-corrected chi connectivity index (χ0v) is 13.1. The van der Waals surface area contributed by atoms with Crippen molar-refractivity contribution in [1.82, 2.24) is 4.98 Å². The highest BCUT2D eigenvalue weighted by Crippen LogP contribution is 2.52. The predicted molar refractivity (Wildman–Crippen MR) is 78.4 cm³/mol. The maximum absolute atomic E-state index is 5.73. The first-order chi connectivity index (χ1) is 8.70. The average molecular weight is 347 g/mol. The van der Waals surface area contributed by atoms with Gasteiger partial charge < -0.3 is 14.8 Å². The molecular formula is C11H11BrN2O2S2. The second-order valence-electron chi connectivity index (χ2n) is 3.73. The minimum atomic E-state index is 0.589. The molecule has 0 spiro atoms. The molecule has 96 valence electrons. The molecule has 3 rings (SSSR count). The van der Waals surface area contributed by atoms with Crippen molar-refractivity contribution in [2.45, 2.75) is 6.92 Å². The molecule has 0 saturated heterocycles. The first kappa shape index (κ1) is 12.3. The van der Waals surface area contributed by atoms with Gasteiger partial charge in [0, 0.05) is 11.9 Å². The summed E-state index contributed by atoms with van der Waals surface area (Å²) in [6.07, 6.45) is 0. The molecule has 1 aliphatic rings. The summed E-state index contributed by atoms with van der Waals surface area (Å²) in [6.45, 7) is 3.25. The molecule has 0 aliphatic carbocycles. The Hall–Kier alpha value is -0.790. The molecule has 1 N–H and O–H groups in total. The van der Waals surface area contributed by atoms with E-state index < -0.39 is 0 Å². The number of hydrogen-bond acceptors (Lipinski definition) is 6. The SMILES string of the molecule is CNc1nc(-c2sc(Br)c3c2OCCO3)c(C)s1. The van der Waals surface area contributed by atoms with Crippen LogP contribution in [0, 0.1) is 6.92 Å². The average Bonchev–Trinajstić information content (AvgIpc) is 2.91. The van der Waals surface area contributed by atoms with Gasteiger partial charge in [-0.15, -0.1) is 22.7 Å². The van der Waals surface area contributed by atoms with E-state index in [1.165, 1.54) is 4.88 Å². The van der Waals surface area contributed by atoms with Gasteiger partial charge in [0.2, 0.25) is 0 Å². The van der Waals surface area contributed by atoms with Crippen LogP contribution in [0.3, 0.4) is 0 Å². The molecular weight excluding hydrogens is 336 g/mol. The van der Waals surface area contributed by atoms with Gasteiger partial charge >= 0.3 is 0 Å². The maximum atomic E-state index is 5.73. The lowest BCUT2D eigenvalue weighted by atomic mass is 10.3. The first-order valence-electron chi connectivity index (χ1n) is 5.44. The van der Waals surface area contributed by atoms with Crippen molar-refractivity contribution < 1.29 is 9.47 Å². The maximum Gasteiger partial charge on any atom is 0.187 e. The van der Waals surface area contributed by atoms with Crippen molar-refractivity contribution in [1.29, 1.82) is 0 Å². The van der Waals surface area contributed by atoms with Crippen LogP contribution in [0.4, 0.5) is 5.13 Å². The molecule has 3 heterocycles. The van der Waals surface area contributed by atoms with E-state index in [0.717, 1.165) is 31.0 Å². The number of thiophene rings is 1. The molecule has 0 bridgehead atoms. The van der Waals surface area contributed by atoms with Crippen LogP contribution >= 0.6 is 38.6 Å². The Bertz CT molecular complexity index is 594. The first-order valence-corrected chi connectivity index (χ1v) is 7.86. The van der Waals surface area contributed by atoms with E-state index in [1.807, 2.05) is 7.05 Å². The third kappa shape index (κ3) is 1.90. The quantitative estimate of drug-likeness (QED) is 0.899. The van der Waals surface area contributed by atoms with Crippen molar-refractivity contribution in [3.8, 4) is 22.1 Å². The number of ether oxygens (including phenoxy) is 2. The minimum absolute atomic E-state index is 0.589. The van der Waals surface area contributed by atoms with Crippen molar-refractivity contribution in [3.05, 3.63) is 8.66 Å². The Labute approximate surface area is 121 Å². The topological polar surface area (TPSA) is 43.4 Å². The van der Waals surface area contributed by atoms with Crippen LogP contribution < -0.4 is 14.8 Å². The van der Waals surface area contributed by atoms with Crippen LogP contribution in [0.15, 0.2) is 3.79 Å². The van der Waals surface area contributed by atoms with E-state index >= 15 is 0 Å². The van der Waals surface area contributed by atoms with E-state index in [9.17, 15) is 0 Å². The lowest BCUT2D eigenvalue weighted by Crippen LogP contribution is -2.14. The van der Waals surface area contributed by atoms with Crippen LogP contribution in [0.5, 0.6) is 11.5 Å². The van der Waals surface area contributed by atoms with Crippen LogP contribution in [-0.2, 0) is 0 Å². The zero-order chi connectivity index (χ0) is 12.7. The number of aryl methyl sites for hydroxylation is 1. The number of fused-ring (bicyclic) bond motifs is 1. The van der Waals surface area contributed by atoms with Gasteiger partial charge in [-0.1, -0.05) is 0 Å². The highest BCUT2D eigenvalue weighted by molar-refractivity contribution is 9.11. The summed E-state index contributed by atoms with van der Waals surface area (Å²) in [5.41, 5.74) is 0.974. The third-order valence-electron chi connectivity index (χ3n) is 2.58. The standard InChI is InChI=1S/C11H11BrN2O2S2/c1-5-6(14-11(13-2)17-5)9-7-8(10(12)18-9)16-4-3-15-7/h3-4H2,1-2H3,(H,13,14). The molecule has 1 aliphatic heterocycles. The van der Waals surface area contributed by atoms with E-state index in [-0.39, 0.29) is 0 Å². The monoisotopic (exact) mass is 346 g/mol. The summed E-state index contributed by atoms with van der Waals surface area (Å²) in [6, 6.07) is 0. The van der Waals surface area contributed by atoms with E-state index in [1.54, 1.807) is 22.7 Å². The summed E-state index contributed by atoms with van der Waals surface area (Å²) in [5.74, 6) is 1.62. The van der Waals surface area contributed by atoms with Gasteiger partial charge in [-0.2, -0.15) is 0 Å². The van der Waals surface area contributed by atoms with Crippen LogP contribution in [0.25, 0.3) is 10.6 Å². The van der Waals surface area contributed by atoms with Crippen LogP contribution in [0.2, 0.25) is 0 Å². The number of halogens is 1. The summed E-state index contributed by atoms with van der Waals surface area (Å²) in [4.78, 5) is 6.79. The fourth-order valence-electron chi connectivity index (χ4n) is 1.79. The molecule has 4 nitrogen and oxygen atoms in total. The second kappa shape index (κ2) is 4.71. The van der Waals surface area contributed by atoms with Gasteiger partial charge in [0.25, 0.3) is 0 Å². The number of hydrogen-bond donors (Lipinski definition) is 1. The van der Waals surface area contributed by atoms with Crippen molar-refractivity contribution in [2.75, 3.05) is 25.6 Å². The number of aromatic nitrogens is 1. The fourth-order valence-corrected chi connectivity index (χ4v) is 4.37. The minimum Gasteiger partial charge on any atom is -0.484 e. The number of anilines is 1. The van der Waals surface area contributed by atoms with Gasteiger partial charge in [0.05, 0.1) is 0 Å². The lowest BCUT2D eigenvalue weighted by Gasteiger charge is -2.16. The van der Waals surface area contributed by atoms with E-state index in [0.29, 0.717) is 13.2 Å². The van der Waals surface area contributed by atoms with Crippen molar-refractivity contribution in [2.24, 2.45) is 0 Å². The molecule has 0 unspecified atom stereocenters. The van der Waals surface area contributed by atoms with E-state index in [2.05, 4.69) is 33.2 Å². The predicted octanol–water partition coefficient (Wildman–Crippen LogP) is 3.76. The zero-order valence-electron chi connectivity index (χ0n) is 9.87. The summed E-state index contributed by atoms with van der Waals surface area (Å²) in [5, 5.41) is 3.99. The number of rotatable bonds is 2. The largest absolute Gasteiger partial charge is 0.484 e. The smallest absolute Gasteiger partial charge is 0.187 e. The molecule has 0 atom stereocenters. The van der Waals surface area contributed by atoms with Crippen LogP contribution in [0.1, 0.15) is 4.88 Å². The van der Waals surface area contributed by atoms with Gasteiger partial charge in [0.1, 0.15) is 27.6 Å². The summed E-state index contributed by atoms with van der Waals surface area (Å²) < 4.78 is 12.3. The molecule has 18 heavy (non-hydrogen) atoms. The highest BCUT2D eigenvalue weighted by Gasteiger charge is 2.26. The third-order valence-corrected chi connectivity index (χ3v) is 5.37. The molecule has 0 aromatic carbocycles. The Balaban J connectivity index is 2.13. The molecule has 7 heteroatoms. The molecule has 2 aromatic heterocycles. The molecule has 0 fully saturated rings. The van der Waals surface area contributed by atoms with Gasteiger partial charge in [-0.25, -0.2) is 4.98 Å². The molecule has 0 amide bonds.